The maximum absolute atomic E-state index is 11.7. The van der Waals surface area contributed by atoms with Crippen molar-refractivity contribution in [3.63, 3.8) is 0 Å². The molecule has 24 heavy (non-hydrogen) atoms. The van der Waals surface area contributed by atoms with Gasteiger partial charge in [0.1, 0.15) is 0 Å². The molecule has 0 unspecified atom stereocenters. The van der Waals surface area contributed by atoms with Crippen molar-refractivity contribution in [1.82, 2.24) is 0 Å². The summed E-state index contributed by atoms with van der Waals surface area (Å²) in [6.07, 6.45) is 4.25. The molecule has 0 aliphatic carbocycles. The second kappa shape index (κ2) is 6.91. The Bertz CT molecular complexity index is 769. The highest BCUT2D eigenvalue weighted by Crippen LogP contribution is 2.24. The summed E-state index contributed by atoms with van der Waals surface area (Å²) in [5.74, 6) is -0.901. The number of aliphatic carboxylic acids is 1. The van der Waals surface area contributed by atoms with Gasteiger partial charge in [-0.05, 0) is 67.2 Å². The van der Waals surface area contributed by atoms with Crippen molar-refractivity contribution in [1.29, 1.82) is 0 Å². The van der Waals surface area contributed by atoms with Crippen LogP contribution in [0.25, 0.3) is 11.6 Å². The number of hydrogen-bond acceptors (Lipinski definition) is 2. The van der Waals surface area contributed by atoms with Crippen LogP contribution in [-0.2, 0) is 4.79 Å². The van der Waals surface area contributed by atoms with Crippen LogP contribution in [-0.4, -0.2) is 24.2 Å². The van der Waals surface area contributed by atoms with Crippen molar-refractivity contribution in [2.45, 2.75) is 26.7 Å². The van der Waals surface area contributed by atoms with Crippen LogP contribution in [0.15, 0.2) is 42.5 Å². The lowest BCUT2D eigenvalue weighted by Gasteiger charge is -2.17. The lowest BCUT2D eigenvalue weighted by Crippen LogP contribution is -2.17. The molecule has 2 aromatic carbocycles. The average Bonchev–Trinajstić information content (AvgIpc) is 3.10. The first-order valence-corrected chi connectivity index (χ1v) is 8.42. The second-order valence-electron chi connectivity index (χ2n) is 6.45. The molecule has 1 aliphatic rings. The number of nitrogens with zero attached hydrogens (tertiary/aromatic N) is 1. The highest BCUT2D eigenvalue weighted by molar-refractivity contribution is 6.20. The summed E-state index contributed by atoms with van der Waals surface area (Å²) >= 11 is 0. The van der Waals surface area contributed by atoms with Gasteiger partial charge >= 0.3 is 5.97 Å². The lowest BCUT2D eigenvalue weighted by molar-refractivity contribution is -0.130. The van der Waals surface area contributed by atoms with Gasteiger partial charge in [-0.2, -0.15) is 0 Å². The van der Waals surface area contributed by atoms with Crippen LogP contribution in [0.5, 0.6) is 0 Å². The van der Waals surface area contributed by atoms with E-state index < -0.39 is 5.97 Å². The molecule has 0 bridgehead atoms. The van der Waals surface area contributed by atoms with E-state index in [0.29, 0.717) is 5.57 Å². The lowest BCUT2D eigenvalue weighted by atomic mass is 9.98. The topological polar surface area (TPSA) is 40.5 Å². The molecule has 1 aliphatic heterocycles. The molecule has 3 rings (SSSR count). The van der Waals surface area contributed by atoms with Crippen molar-refractivity contribution in [3.8, 4) is 0 Å². The Balaban J connectivity index is 1.90. The third kappa shape index (κ3) is 3.51. The highest BCUT2D eigenvalue weighted by atomic mass is 16.4. The number of carbonyl (C=O) groups is 1. The first-order chi connectivity index (χ1) is 11.5. The number of anilines is 1. The number of aryl methyl sites for hydroxylation is 2. The van der Waals surface area contributed by atoms with Crippen LogP contribution in [0.1, 0.15) is 35.1 Å². The van der Waals surface area contributed by atoms with Crippen LogP contribution in [0.2, 0.25) is 0 Å². The van der Waals surface area contributed by atoms with Crippen molar-refractivity contribution in [3.05, 3.63) is 64.7 Å². The van der Waals surface area contributed by atoms with Crippen LogP contribution >= 0.6 is 0 Å². The molecule has 124 valence electrons. The Hall–Kier alpha value is -2.55. The molecule has 0 spiro atoms. The molecule has 0 aromatic heterocycles. The fourth-order valence-corrected chi connectivity index (χ4v) is 3.10. The van der Waals surface area contributed by atoms with Gasteiger partial charge in [0.15, 0.2) is 0 Å². The van der Waals surface area contributed by atoms with Gasteiger partial charge in [0.05, 0.1) is 5.57 Å². The van der Waals surface area contributed by atoms with E-state index in [1.165, 1.54) is 24.1 Å². The molecule has 2 aromatic rings. The van der Waals surface area contributed by atoms with Gasteiger partial charge in [-0.1, -0.05) is 30.3 Å². The van der Waals surface area contributed by atoms with Crippen molar-refractivity contribution in [2.24, 2.45) is 0 Å². The molecule has 0 radical (unpaired) electrons. The van der Waals surface area contributed by atoms with Gasteiger partial charge in [0, 0.05) is 18.8 Å². The number of carboxylic acids is 1. The van der Waals surface area contributed by atoms with E-state index in [1.54, 1.807) is 6.08 Å². The Morgan fingerprint density at radius 1 is 1.00 bits per heavy atom. The van der Waals surface area contributed by atoms with Crippen LogP contribution < -0.4 is 4.90 Å². The van der Waals surface area contributed by atoms with Crippen molar-refractivity contribution >= 4 is 23.3 Å². The fraction of sp³-hybridized carbons (Fsp3) is 0.286. The van der Waals surface area contributed by atoms with Gasteiger partial charge in [-0.25, -0.2) is 4.79 Å². The van der Waals surface area contributed by atoms with Crippen LogP contribution in [0.3, 0.4) is 0 Å². The molecule has 1 saturated heterocycles. The summed E-state index contributed by atoms with van der Waals surface area (Å²) in [5.41, 5.74) is 5.46. The summed E-state index contributed by atoms with van der Waals surface area (Å²) in [7, 11) is 0. The van der Waals surface area contributed by atoms with E-state index in [9.17, 15) is 9.90 Å². The summed E-state index contributed by atoms with van der Waals surface area (Å²) in [6, 6.07) is 13.9. The van der Waals surface area contributed by atoms with Gasteiger partial charge in [0.2, 0.25) is 0 Å². The fourth-order valence-electron chi connectivity index (χ4n) is 3.10. The Kier molecular flexibility index (Phi) is 4.70. The van der Waals surface area contributed by atoms with Crippen LogP contribution in [0, 0.1) is 13.8 Å². The zero-order valence-electron chi connectivity index (χ0n) is 14.2. The first-order valence-electron chi connectivity index (χ1n) is 8.42. The van der Waals surface area contributed by atoms with E-state index in [4.69, 9.17) is 0 Å². The highest BCUT2D eigenvalue weighted by Gasteiger charge is 2.13. The second-order valence-corrected chi connectivity index (χ2v) is 6.45. The van der Waals surface area contributed by atoms with E-state index >= 15 is 0 Å². The SMILES string of the molecule is Cc1ccc(/C(=C/c2ccc(N3CCCC3)cc2)C(=O)O)cc1C. The first kappa shape index (κ1) is 16.3. The molecule has 0 atom stereocenters. The van der Waals surface area contributed by atoms with Gasteiger partial charge in [-0.15, -0.1) is 0 Å². The molecule has 1 N–H and O–H groups in total. The Morgan fingerprint density at radius 3 is 2.25 bits per heavy atom. The molecule has 0 saturated carbocycles. The number of carboxylic acid groups (broad SMARTS) is 1. The van der Waals surface area contributed by atoms with Gasteiger partial charge in [0.25, 0.3) is 0 Å². The number of rotatable bonds is 4. The summed E-state index contributed by atoms with van der Waals surface area (Å²) in [4.78, 5) is 14.1. The van der Waals surface area contributed by atoms with E-state index in [0.717, 1.165) is 29.8 Å². The maximum atomic E-state index is 11.7. The Labute approximate surface area is 143 Å². The van der Waals surface area contributed by atoms with E-state index in [2.05, 4.69) is 17.0 Å². The zero-order chi connectivity index (χ0) is 17.1. The molecular formula is C21H23NO2. The minimum Gasteiger partial charge on any atom is -0.478 e. The molecule has 0 amide bonds. The quantitative estimate of drug-likeness (QED) is 0.664. The summed E-state index contributed by atoms with van der Waals surface area (Å²) in [5, 5.41) is 9.60. The summed E-state index contributed by atoms with van der Waals surface area (Å²) < 4.78 is 0. The van der Waals surface area contributed by atoms with Crippen molar-refractivity contribution in [2.75, 3.05) is 18.0 Å². The third-order valence-electron chi connectivity index (χ3n) is 4.72. The predicted octanol–water partition coefficient (Wildman–Crippen LogP) is 4.53. The smallest absolute Gasteiger partial charge is 0.336 e. The van der Waals surface area contributed by atoms with Crippen molar-refractivity contribution < 1.29 is 9.90 Å². The zero-order valence-corrected chi connectivity index (χ0v) is 14.2. The summed E-state index contributed by atoms with van der Waals surface area (Å²) in [6.45, 7) is 6.25. The molecule has 3 nitrogen and oxygen atoms in total. The monoisotopic (exact) mass is 321 g/mol. The van der Waals surface area contributed by atoms with E-state index in [-0.39, 0.29) is 0 Å². The third-order valence-corrected chi connectivity index (χ3v) is 4.72. The molecular weight excluding hydrogens is 298 g/mol. The molecule has 1 heterocycles. The molecule has 1 fully saturated rings. The van der Waals surface area contributed by atoms with Gasteiger partial charge in [-0.3, -0.25) is 0 Å². The number of benzene rings is 2. The molecule has 3 heteroatoms. The van der Waals surface area contributed by atoms with Crippen LogP contribution in [0.4, 0.5) is 5.69 Å². The standard InChI is InChI=1S/C21H23NO2/c1-15-5-8-18(13-16(15)2)20(21(23)24)14-17-6-9-19(10-7-17)22-11-3-4-12-22/h5-10,13-14H,3-4,11-12H2,1-2H3,(H,23,24)/b20-14-. The largest absolute Gasteiger partial charge is 0.478 e. The minimum absolute atomic E-state index is 0.326. The minimum atomic E-state index is -0.901. The number of hydrogen-bond donors (Lipinski definition) is 1. The Morgan fingerprint density at radius 2 is 1.67 bits per heavy atom. The van der Waals surface area contributed by atoms with E-state index in [1.807, 2.05) is 44.2 Å². The average molecular weight is 321 g/mol. The maximum Gasteiger partial charge on any atom is 0.336 e. The predicted molar refractivity (Wildman–Crippen MR) is 99.3 cm³/mol. The normalized spacial score (nSPS) is 14.9. The van der Waals surface area contributed by atoms with Gasteiger partial charge < -0.3 is 10.0 Å².